The van der Waals surface area contributed by atoms with Crippen LogP contribution in [-0.4, -0.2) is 37.1 Å². The highest BCUT2D eigenvalue weighted by Gasteiger charge is 2.22. The summed E-state index contributed by atoms with van der Waals surface area (Å²) in [6.07, 6.45) is 3.28. The van der Waals surface area contributed by atoms with Crippen LogP contribution < -0.4 is 5.73 Å². The summed E-state index contributed by atoms with van der Waals surface area (Å²) < 4.78 is 17.3. The number of nitrogens with two attached hydrogens (primary N) is 1. The predicted octanol–water partition coefficient (Wildman–Crippen LogP) is 3.66. The third-order valence-electron chi connectivity index (χ3n) is 4.84. The maximum atomic E-state index is 14.8. The monoisotopic (exact) mass is 456 g/mol. The van der Waals surface area contributed by atoms with E-state index in [-0.39, 0.29) is 17.9 Å². The van der Waals surface area contributed by atoms with E-state index in [1.165, 1.54) is 12.1 Å². The Balaban J connectivity index is 1.79. The zero-order valence-electron chi connectivity index (χ0n) is 15.9. The van der Waals surface area contributed by atoms with Gasteiger partial charge in [0.05, 0.1) is 40.4 Å². The van der Waals surface area contributed by atoms with Crippen molar-refractivity contribution >= 4 is 49.5 Å². The molecule has 0 aliphatic carbocycles. The first kappa shape index (κ1) is 19.3. The number of hydrogen-bond donors (Lipinski definition) is 1. The molecule has 0 aliphatic heterocycles. The van der Waals surface area contributed by atoms with Gasteiger partial charge in [0.25, 0.3) is 5.91 Å². The van der Waals surface area contributed by atoms with Crippen molar-refractivity contribution in [1.29, 1.82) is 0 Å². The number of rotatable bonds is 4. The summed E-state index contributed by atoms with van der Waals surface area (Å²) in [5.74, 6) is -0.780. The van der Waals surface area contributed by atoms with Crippen molar-refractivity contribution in [2.45, 2.75) is 13.5 Å². The van der Waals surface area contributed by atoms with Gasteiger partial charge in [-0.3, -0.25) is 14.5 Å². The van der Waals surface area contributed by atoms with Crippen molar-refractivity contribution in [3.63, 3.8) is 0 Å². The molecule has 0 bridgehead atoms. The molecule has 0 saturated carbocycles. The van der Waals surface area contributed by atoms with Crippen LogP contribution in [0.1, 0.15) is 23.0 Å². The molecule has 4 aromatic rings. The number of carbonyl (C=O) groups excluding carboxylic acids is 1. The van der Waals surface area contributed by atoms with E-state index in [4.69, 9.17) is 5.73 Å². The SMILES string of the molecule is CCN(Cc1ccc(Br)cn1)C(=O)c1cc2c(cc1F)nc(N)c1cnn(C)c12. The van der Waals surface area contributed by atoms with Gasteiger partial charge in [-0.05, 0) is 41.1 Å². The van der Waals surface area contributed by atoms with Crippen molar-refractivity contribution in [1.82, 2.24) is 24.6 Å². The van der Waals surface area contributed by atoms with Crippen LogP contribution in [0.4, 0.5) is 10.2 Å². The van der Waals surface area contributed by atoms with Crippen LogP contribution in [0.25, 0.3) is 21.8 Å². The Morgan fingerprint density at radius 1 is 1.28 bits per heavy atom. The van der Waals surface area contributed by atoms with Gasteiger partial charge in [0.15, 0.2) is 0 Å². The Morgan fingerprint density at radius 2 is 2.07 bits per heavy atom. The highest BCUT2D eigenvalue weighted by atomic mass is 79.9. The lowest BCUT2D eigenvalue weighted by Gasteiger charge is -2.21. The van der Waals surface area contributed by atoms with E-state index in [0.717, 1.165) is 4.47 Å². The molecule has 3 heterocycles. The van der Waals surface area contributed by atoms with Gasteiger partial charge in [0, 0.05) is 35.7 Å². The molecule has 148 valence electrons. The minimum absolute atomic E-state index is 0.0227. The molecule has 9 heteroatoms. The standard InChI is InChI=1S/C20H18BrFN6O/c1-3-28(10-12-5-4-11(21)8-24-12)20(29)13-6-14-17(7-16(13)22)26-19(23)15-9-25-27(2)18(14)15/h4-9H,3,10H2,1-2H3,(H2,23,26). The minimum atomic E-state index is -0.641. The number of amides is 1. The first-order chi connectivity index (χ1) is 13.9. The minimum Gasteiger partial charge on any atom is -0.383 e. The highest BCUT2D eigenvalue weighted by Crippen LogP contribution is 2.29. The lowest BCUT2D eigenvalue weighted by Crippen LogP contribution is -2.31. The Labute approximate surface area is 174 Å². The number of halogens is 2. The summed E-state index contributed by atoms with van der Waals surface area (Å²) in [7, 11) is 1.77. The van der Waals surface area contributed by atoms with Crippen molar-refractivity contribution in [2.24, 2.45) is 7.05 Å². The number of carbonyl (C=O) groups is 1. The number of aryl methyl sites for hydroxylation is 1. The molecule has 0 saturated heterocycles. The number of anilines is 1. The van der Waals surface area contributed by atoms with E-state index in [1.54, 1.807) is 29.0 Å². The fourth-order valence-corrected chi connectivity index (χ4v) is 3.57. The largest absolute Gasteiger partial charge is 0.383 e. The van der Waals surface area contributed by atoms with Crippen LogP contribution in [-0.2, 0) is 13.6 Å². The summed E-state index contributed by atoms with van der Waals surface area (Å²) in [5, 5.41) is 5.50. The van der Waals surface area contributed by atoms with Crippen LogP contribution in [0.5, 0.6) is 0 Å². The quantitative estimate of drug-likeness (QED) is 0.505. The molecule has 2 N–H and O–H groups in total. The van der Waals surface area contributed by atoms with Crippen LogP contribution in [0.2, 0.25) is 0 Å². The Kier molecular flexibility index (Phi) is 4.91. The van der Waals surface area contributed by atoms with E-state index in [0.29, 0.717) is 34.0 Å². The molecule has 4 rings (SSSR count). The molecule has 0 radical (unpaired) electrons. The molecule has 3 aromatic heterocycles. The number of pyridine rings is 2. The van der Waals surface area contributed by atoms with Crippen LogP contribution in [0.3, 0.4) is 0 Å². The summed E-state index contributed by atoms with van der Waals surface area (Å²) in [6.45, 7) is 2.54. The van der Waals surface area contributed by atoms with Gasteiger partial charge < -0.3 is 10.6 Å². The molecule has 1 amide bonds. The zero-order valence-corrected chi connectivity index (χ0v) is 17.4. The Morgan fingerprint density at radius 3 is 2.76 bits per heavy atom. The first-order valence-electron chi connectivity index (χ1n) is 8.99. The number of benzene rings is 1. The van der Waals surface area contributed by atoms with Gasteiger partial charge >= 0.3 is 0 Å². The van der Waals surface area contributed by atoms with E-state index < -0.39 is 11.7 Å². The topological polar surface area (TPSA) is 89.9 Å². The summed E-state index contributed by atoms with van der Waals surface area (Å²) >= 11 is 3.34. The number of hydrogen-bond acceptors (Lipinski definition) is 5. The average molecular weight is 457 g/mol. The van der Waals surface area contributed by atoms with Gasteiger partial charge in [-0.1, -0.05) is 0 Å². The second kappa shape index (κ2) is 7.40. The maximum absolute atomic E-state index is 14.8. The van der Waals surface area contributed by atoms with E-state index in [9.17, 15) is 9.18 Å². The lowest BCUT2D eigenvalue weighted by atomic mass is 10.1. The summed E-state index contributed by atoms with van der Waals surface area (Å²) in [5.41, 5.74) is 7.76. The maximum Gasteiger partial charge on any atom is 0.257 e. The third kappa shape index (κ3) is 3.42. The highest BCUT2D eigenvalue weighted by molar-refractivity contribution is 9.10. The van der Waals surface area contributed by atoms with Gasteiger partial charge in [-0.15, -0.1) is 0 Å². The normalized spacial score (nSPS) is 11.3. The second-order valence-electron chi connectivity index (χ2n) is 6.66. The third-order valence-corrected chi connectivity index (χ3v) is 5.31. The Bertz CT molecular complexity index is 1240. The number of fused-ring (bicyclic) bond motifs is 3. The number of aromatic nitrogens is 4. The summed E-state index contributed by atoms with van der Waals surface area (Å²) in [4.78, 5) is 23.2. The van der Waals surface area contributed by atoms with Crippen molar-refractivity contribution < 1.29 is 9.18 Å². The smallest absolute Gasteiger partial charge is 0.257 e. The molecule has 0 aliphatic rings. The van der Waals surface area contributed by atoms with E-state index in [2.05, 4.69) is 31.0 Å². The average Bonchev–Trinajstić information content (AvgIpc) is 3.09. The second-order valence-corrected chi connectivity index (χ2v) is 7.58. The van der Waals surface area contributed by atoms with Crippen LogP contribution >= 0.6 is 15.9 Å². The molecule has 0 unspecified atom stereocenters. The number of nitrogens with zero attached hydrogens (tertiary/aromatic N) is 5. The fraction of sp³-hybridized carbons (Fsp3) is 0.200. The van der Waals surface area contributed by atoms with Crippen molar-refractivity contribution in [3.8, 4) is 0 Å². The van der Waals surface area contributed by atoms with Crippen LogP contribution in [0, 0.1) is 5.82 Å². The van der Waals surface area contributed by atoms with Crippen molar-refractivity contribution in [2.75, 3.05) is 12.3 Å². The van der Waals surface area contributed by atoms with Gasteiger partial charge in [-0.2, -0.15) is 5.10 Å². The zero-order chi connectivity index (χ0) is 20.7. The molecule has 29 heavy (non-hydrogen) atoms. The molecular formula is C20H18BrFN6O. The molecule has 7 nitrogen and oxygen atoms in total. The lowest BCUT2D eigenvalue weighted by molar-refractivity contribution is 0.0746. The van der Waals surface area contributed by atoms with Gasteiger partial charge in [-0.25, -0.2) is 9.37 Å². The molecule has 1 aromatic carbocycles. The van der Waals surface area contributed by atoms with Crippen LogP contribution in [0.15, 0.2) is 41.1 Å². The predicted molar refractivity (Wildman–Crippen MR) is 113 cm³/mol. The van der Waals surface area contributed by atoms with E-state index >= 15 is 0 Å². The molecular weight excluding hydrogens is 439 g/mol. The molecule has 0 atom stereocenters. The van der Waals surface area contributed by atoms with Crippen molar-refractivity contribution in [3.05, 3.63) is 58.2 Å². The Hall–Kier alpha value is -3.07. The van der Waals surface area contributed by atoms with E-state index in [1.807, 2.05) is 19.1 Å². The fourth-order valence-electron chi connectivity index (χ4n) is 3.34. The van der Waals surface area contributed by atoms with Gasteiger partial charge in [0.2, 0.25) is 0 Å². The number of nitrogen functional groups attached to an aromatic ring is 1. The first-order valence-corrected chi connectivity index (χ1v) is 9.78. The van der Waals surface area contributed by atoms with Gasteiger partial charge in [0.1, 0.15) is 11.6 Å². The molecule has 0 spiro atoms. The molecule has 0 fully saturated rings. The summed E-state index contributed by atoms with van der Waals surface area (Å²) in [6, 6.07) is 6.45.